The molecule has 0 aliphatic heterocycles. The Balaban J connectivity index is 2.74. The quantitative estimate of drug-likeness (QED) is 0.727. The molecule has 2 rings (SSSR count). The topological polar surface area (TPSA) is 55.0 Å². The summed E-state index contributed by atoms with van der Waals surface area (Å²) in [7, 11) is 1.23. The Morgan fingerprint density at radius 3 is 2.93 bits per heavy atom. The average molecular weight is 208 g/mol. The van der Waals surface area contributed by atoms with Gasteiger partial charge in [-0.15, -0.1) is 0 Å². The van der Waals surface area contributed by atoms with Gasteiger partial charge in [-0.05, 0) is 24.6 Å². The molecule has 78 valence electrons. The number of esters is 1. The summed E-state index contributed by atoms with van der Waals surface area (Å²) in [6.07, 6.45) is 0. The van der Waals surface area contributed by atoms with Crippen LogP contribution < -0.4 is 0 Å². The van der Waals surface area contributed by atoms with Crippen LogP contribution in [0.2, 0.25) is 0 Å². The Morgan fingerprint density at radius 1 is 1.53 bits per heavy atom. The zero-order valence-corrected chi connectivity index (χ0v) is 8.30. The Labute approximate surface area is 85.0 Å². The molecule has 0 amide bonds. The molecule has 0 saturated carbocycles. The van der Waals surface area contributed by atoms with E-state index in [1.807, 2.05) is 0 Å². The molecular weight excluding hydrogens is 199 g/mol. The summed E-state index contributed by atoms with van der Waals surface area (Å²) in [5.41, 5.74) is 1.23. The van der Waals surface area contributed by atoms with E-state index in [2.05, 4.69) is 14.9 Å². The summed E-state index contributed by atoms with van der Waals surface area (Å²) in [6, 6.07) is 3.07. The first-order valence-electron chi connectivity index (χ1n) is 4.36. The summed E-state index contributed by atoms with van der Waals surface area (Å²) >= 11 is 0. The van der Waals surface area contributed by atoms with Crippen molar-refractivity contribution in [2.24, 2.45) is 0 Å². The summed E-state index contributed by atoms with van der Waals surface area (Å²) in [5.74, 6) is -1.12. The van der Waals surface area contributed by atoms with Gasteiger partial charge in [0.1, 0.15) is 5.82 Å². The van der Waals surface area contributed by atoms with Crippen molar-refractivity contribution < 1.29 is 13.9 Å². The van der Waals surface area contributed by atoms with Gasteiger partial charge in [0.25, 0.3) is 0 Å². The van der Waals surface area contributed by atoms with Gasteiger partial charge in [-0.2, -0.15) is 5.10 Å². The minimum Gasteiger partial charge on any atom is -0.464 e. The van der Waals surface area contributed by atoms with Gasteiger partial charge in [-0.25, -0.2) is 9.18 Å². The maximum absolute atomic E-state index is 13.6. The lowest BCUT2D eigenvalue weighted by atomic mass is 10.1. The Kier molecular flexibility index (Phi) is 2.15. The van der Waals surface area contributed by atoms with Gasteiger partial charge in [0.2, 0.25) is 0 Å². The van der Waals surface area contributed by atoms with Gasteiger partial charge in [-0.3, -0.25) is 5.10 Å². The van der Waals surface area contributed by atoms with Crippen LogP contribution in [0.15, 0.2) is 12.1 Å². The molecule has 0 aliphatic rings. The highest BCUT2D eigenvalue weighted by molar-refractivity contribution is 6.02. The second-order valence-corrected chi connectivity index (χ2v) is 3.23. The van der Waals surface area contributed by atoms with E-state index in [0.29, 0.717) is 5.52 Å². The van der Waals surface area contributed by atoms with E-state index in [9.17, 15) is 9.18 Å². The Hall–Kier alpha value is -1.91. The number of nitrogens with zero attached hydrogens (tertiary/aromatic N) is 1. The van der Waals surface area contributed by atoms with E-state index in [-0.39, 0.29) is 11.1 Å². The molecule has 2 aromatic rings. The monoisotopic (exact) mass is 208 g/mol. The van der Waals surface area contributed by atoms with E-state index in [4.69, 9.17) is 0 Å². The third-order valence-electron chi connectivity index (χ3n) is 2.14. The van der Waals surface area contributed by atoms with Crippen molar-refractivity contribution in [3.05, 3.63) is 29.2 Å². The lowest BCUT2D eigenvalue weighted by Gasteiger charge is -1.97. The van der Waals surface area contributed by atoms with Crippen LogP contribution in [0.5, 0.6) is 0 Å². The number of H-pyrrole nitrogens is 1. The summed E-state index contributed by atoms with van der Waals surface area (Å²) in [5, 5.41) is 6.50. The lowest BCUT2D eigenvalue weighted by Crippen LogP contribution is -2.02. The standard InChI is InChI=1S/C10H9FN2O2/c1-5-3-6(11)8-7(4-5)12-13-9(8)10(14)15-2/h3-4H,1-2H3,(H,12,13). The number of nitrogens with one attached hydrogen (secondary N) is 1. The molecule has 1 N–H and O–H groups in total. The molecule has 0 radical (unpaired) electrons. The number of hydrogen-bond acceptors (Lipinski definition) is 3. The van der Waals surface area contributed by atoms with Crippen molar-refractivity contribution >= 4 is 16.9 Å². The highest BCUT2D eigenvalue weighted by atomic mass is 19.1. The van der Waals surface area contributed by atoms with Crippen molar-refractivity contribution in [2.75, 3.05) is 7.11 Å². The van der Waals surface area contributed by atoms with Crippen molar-refractivity contribution in [1.82, 2.24) is 10.2 Å². The molecule has 5 heteroatoms. The smallest absolute Gasteiger partial charge is 0.359 e. The fourth-order valence-electron chi connectivity index (χ4n) is 1.49. The number of aryl methyl sites for hydroxylation is 1. The highest BCUT2D eigenvalue weighted by Crippen LogP contribution is 2.21. The number of hydrogen-bond donors (Lipinski definition) is 1. The molecular formula is C10H9FN2O2. The van der Waals surface area contributed by atoms with Crippen LogP contribution in [0.4, 0.5) is 4.39 Å². The van der Waals surface area contributed by atoms with Crippen molar-refractivity contribution in [3.63, 3.8) is 0 Å². The van der Waals surface area contributed by atoms with Gasteiger partial charge in [-0.1, -0.05) is 0 Å². The van der Waals surface area contributed by atoms with E-state index < -0.39 is 11.8 Å². The van der Waals surface area contributed by atoms with Crippen LogP contribution in [0.1, 0.15) is 16.1 Å². The Morgan fingerprint density at radius 2 is 2.27 bits per heavy atom. The summed E-state index contributed by atoms with van der Waals surface area (Å²) < 4.78 is 18.1. The molecule has 0 unspecified atom stereocenters. The number of benzene rings is 1. The normalized spacial score (nSPS) is 10.6. The predicted octanol–water partition coefficient (Wildman–Crippen LogP) is 1.80. The van der Waals surface area contributed by atoms with E-state index in [0.717, 1.165) is 5.56 Å². The highest BCUT2D eigenvalue weighted by Gasteiger charge is 2.17. The molecule has 0 fully saturated rings. The lowest BCUT2D eigenvalue weighted by molar-refractivity contribution is 0.0596. The zero-order chi connectivity index (χ0) is 11.0. The molecule has 0 atom stereocenters. The minimum absolute atomic E-state index is 0.0231. The van der Waals surface area contributed by atoms with Crippen LogP contribution in [0, 0.1) is 12.7 Å². The number of carbonyl (C=O) groups is 1. The van der Waals surface area contributed by atoms with Crippen LogP contribution in [0.25, 0.3) is 10.9 Å². The zero-order valence-electron chi connectivity index (χ0n) is 8.30. The number of methoxy groups -OCH3 is 1. The van der Waals surface area contributed by atoms with Gasteiger partial charge < -0.3 is 4.74 Å². The molecule has 0 spiro atoms. The molecule has 1 aromatic heterocycles. The number of aromatic nitrogens is 2. The average Bonchev–Trinajstić information content (AvgIpc) is 2.60. The first-order chi connectivity index (χ1) is 7.13. The maximum Gasteiger partial charge on any atom is 0.359 e. The molecule has 0 saturated heterocycles. The predicted molar refractivity (Wildman–Crippen MR) is 52.1 cm³/mol. The second kappa shape index (κ2) is 3.34. The van der Waals surface area contributed by atoms with Crippen molar-refractivity contribution in [2.45, 2.75) is 6.92 Å². The first-order valence-corrected chi connectivity index (χ1v) is 4.36. The fourth-order valence-corrected chi connectivity index (χ4v) is 1.49. The largest absolute Gasteiger partial charge is 0.464 e. The number of fused-ring (bicyclic) bond motifs is 1. The van der Waals surface area contributed by atoms with Gasteiger partial charge in [0.15, 0.2) is 5.69 Å². The fraction of sp³-hybridized carbons (Fsp3) is 0.200. The van der Waals surface area contributed by atoms with E-state index in [1.165, 1.54) is 13.2 Å². The van der Waals surface area contributed by atoms with Crippen LogP contribution in [-0.2, 0) is 4.74 Å². The third-order valence-corrected chi connectivity index (χ3v) is 2.14. The third kappa shape index (κ3) is 1.45. The summed E-state index contributed by atoms with van der Waals surface area (Å²) in [6.45, 7) is 1.77. The minimum atomic E-state index is -0.649. The Bertz CT molecular complexity index is 533. The number of ether oxygens (including phenoxy) is 1. The number of rotatable bonds is 1. The molecule has 0 aliphatic carbocycles. The van der Waals surface area contributed by atoms with E-state index in [1.54, 1.807) is 13.0 Å². The van der Waals surface area contributed by atoms with Gasteiger partial charge in [0, 0.05) is 0 Å². The van der Waals surface area contributed by atoms with Crippen LogP contribution in [0.3, 0.4) is 0 Å². The molecule has 0 bridgehead atoms. The molecule has 4 nitrogen and oxygen atoms in total. The van der Waals surface area contributed by atoms with Crippen molar-refractivity contribution in [3.8, 4) is 0 Å². The molecule has 1 heterocycles. The molecule has 15 heavy (non-hydrogen) atoms. The number of aromatic amines is 1. The summed E-state index contributed by atoms with van der Waals surface area (Å²) in [4.78, 5) is 11.3. The van der Waals surface area contributed by atoms with Gasteiger partial charge >= 0.3 is 5.97 Å². The van der Waals surface area contributed by atoms with Crippen LogP contribution in [-0.4, -0.2) is 23.3 Å². The number of halogens is 1. The van der Waals surface area contributed by atoms with E-state index >= 15 is 0 Å². The SMILES string of the molecule is COC(=O)c1n[nH]c2cc(C)cc(F)c12. The molecule has 1 aromatic carbocycles. The number of carbonyl (C=O) groups excluding carboxylic acids is 1. The first kappa shape index (κ1) is 9.64. The van der Waals surface area contributed by atoms with Crippen LogP contribution >= 0.6 is 0 Å². The maximum atomic E-state index is 13.6. The second-order valence-electron chi connectivity index (χ2n) is 3.23. The van der Waals surface area contributed by atoms with Gasteiger partial charge in [0.05, 0.1) is 18.0 Å². The van der Waals surface area contributed by atoms with Crippen molar-refractivity contribution in [1.29, 1.82) is 0 Å².